The molecule has 5 nitrogen and oxygen atoms in total. The van der Waals surface area contributed by atoms with E-state index in [0.29, 0.717) is 17.8 Å². The zero-order chi connectivity index (χ0) is 13.9. The Hall–Kier alpha value is -0.940. The van der Waals surface area contributed by atoms with Crippen LogP contribution in [0.4, 0.5) is 0 Å². The number of nitriles is 1. The average molecular weight is 300 g/mol. The summed E-state index contributed by atoms with van der Waals surface area (Å²) in [5, 5.41) is 17.8. The van der Waals surface area contributed by atoms with Gasteiger partial charge in [-0.15, -0.1) is 11.3 Å². The first-order chi connectivity index (χ1) is 9.09. The highest BCUT2D eigenvalue weighted by Crippen LogP contribution is 2.30. The third-order valence-electron chi connectivity index (χ3n) is 3.29. The molecule has 1 aliphatic heterocycles. The summed E-state index contributed by atoms with van der Waals surface area (Å²) >= 11 is 1.00. The van der Waals surface area contributed by atoms with Gasteiger partial charge in [0.2, 0.25) is 0 Å². The summed E-state index contributed by atoms with van der Waals surface area (Å²) in [4.78, 5) is 0.397. The number of piperidine rings is 1. The number of thiophene rings is 1. The molecule has 7 heteroatoms. The fourth-order valence-electron chi connectivity index (χ4n) is 2.36. The van der Waals surface area contributed by atoms with Crippen molar-refractivity contribution in [2.45, 2.75) is 35.9 Å². The molecule has 0 radical (unpaired) electrons. The van der Waals surface area contributed by atoms with Gasteiger partial charge in [0.15, 0.2) is 0 Å². The fraction of sp³-hybridized carbons (Fsp3) is 0.583. The lowest BCUT2D eigenvalue weighted by Gasteiger charge is -2.33. The fourth-order valence-corrected chi connectivity index (χ4v) is 5.32. The van der Waals surface area contributed by atoms with Gasteiger partial charge < -0.3 is 5.11 Å². The van der Waals surface area contributed by atoms with Crippen LogP contribution in [0.5, 0.6) is 0 Å². The molecule has 104 valence electrons. The van der Waals surface area contributed by atoms with Crippen LogP contribution in [0.2, 0.25) is 0 Å². The van der Waals surface area contributed by atoms with E-state index in [1.807, 2.05) is 6.07 Å². The Bertz CT molecular complexity index is 572. The maximum Gasteiger partial charge on any atom is 0.252 e. The molecule has 1 fully saturated rings. The van der Waals surface area contributed by atoms with Crippen molar-refractivity contribution in [3.05, 3.63) is 17.0 Å². The van der Waals surface area contributed by atoms with Crippen LogP contribution in [0, 0.1) is 11.3 Å². The van der Waals surface area contributed by atoms with Crippen molar-refractivity contribution in [3.63, 3.8) is 0 Å². The van der Waals surface area contributed by atoms with Gasteiger partial charge in [-0.3, -0.25) is 0 Å². The lowest BCUT2D eigenvalue weighted by atomic mass is 10.0. The molecule has 0 aromatic carbocycles. The molecule has 0 saturated carbocycles. The number of aliphatic hydroxyl groups excluding tert-OH is 1. The van der Waals surface area contributed by atoms with E-state index in [9.17, 15) is 8.42 Å². The second kappa shape index (κ2) is 6.01. The number of sulfonamides is 1. The topological polar surface area (TPSA) is 81.4 Å². The molecule has 1 aromatic heterocycles. The van der Waals surface area contributed by atoms with Crippen molar-refractivity contribution >= 4 is 21.4 Å². The summed E-state index contributed by atoms with van der Waals surface area (Å²) in [6.45, 7) is 0.483. The number of nitrogens with zero attached hydrogens (tertiary/aromatic N) is 2. The van der Waals surface area contributed by atoms with E-state index < -0.39 is 10.0 Å². The maximum absolute atomic E-state index is 12.5. The number of hydrogen-bond acceptors (Lipinski definition) is 5. The molecule has 2 heterocycles. The molecular weight excluding hydrogens is 284 g/mol. The molecular formula is C12H16N2O3S2. The van der Waals surface area contributed by atoms with Crippen LogP contribution < -0.4 is 0 Å². The molecule has 1 aromatic rings. The molecule has 1 atom stereocenters. The van der Waals surface area contributed by atoms with Gasteiger partial charge in [0.25, 0.3) is 10.0 Å². The third kappa shape index (κ3) is 2.98. The first-order valence-corrected chi connectivity index (χ1v) is 8.48. The second-order valence-electron chi connectivity index (χ2n) is 4.51. The smallest absolute Gasteiger partial charge is 0.252 e. The van der Waals surface area contributed by atoms with E-state index in [1.54, 1.807) is 0 Å². The van der Waals surface area contributed by atoms with Gasteiger partial charge in [0.05, 0.1) is 0 Å². The van der Waals surface area contributed by atoms with Crippen LogP contribution >= 0.6 is 11.3 Å². The summed E-state index contributed by atoms with van der Waals surface area (Å²) in [5.41, 5.74) is 0. The highest BCUT2D eigenvalue weighted by molar-refractivity contribution is 7.91. The predicted octanol–water partition coefficient (Wildman–Crippen LogP) is 1.55. The Labute approximate surface area is 117 Å². The van der Waals surface area contributed by atoms with Crippen LogP contribution in [-0.4, -0.2) is 37.0 Å². The van der Waals surface area contributed by atoms with E-state index in [1.165, 1.54) is 16.4 Å². The lowest BCUT2D eigenvalue weighted by Crippen LogP contribution is -2.43. The monoisotopic (exact) mass is 300 g/mol. The van der Waals surface area contributed by atoms with Gasteiger partial charge in [0.1, 0.15) is 15.2 Å². The minimum atomic E-state index is -3.53. The van der Waals surface area contributed by atoms with Crippen molar-refractivity contribution in [1.82, 2.24) is 4.31 Å². The minimum Gasteiger partial charge on any atom is -0.396 e. The summed E-state index contributed by atoms with van der Waals surface area (Å²) < 4.78 is 26.8. The molecule has 0 spiro atoms. The molecule has 0 bridgehead atoms. The second-order valence-corrected chi connectivity index (χ2v) is 7.71. The summed E-state index contributed by atoms with van der Waals surface area (Å²) in [6.07, 6.45) is 3.09. The Balaban J connectivity index is 2.29. The van der Waals surface area contributed by atoms with Crippen LogP contribution in [-0.2, 0) is 10.0 Å². The first kappa shape index (κ1) is 14.5. The zero-order valence-corrected chi connectivity index (χ0v) is 12.1. The van der Waals surface area contributed by atoms with Gasteiger partial charge in [0, 0.05) is 19.2 Å². The van der Waals surface area contributed by atoms with E-state index in [2.05, 4.69) is 0 Å². The van der Waals surface area contributed by atoms with Gasteiger partial charge in [-0.25, -0.2) is 8.42 Å². The predicted molar refractivity (Wildman–Crippen MR) is 72.3 cm³/mol. The van der Waals surface area contributed by atoms with Crippen LogP contribution in [0.3, 0.4) is 0 Å². The molecule has 0 aliphatic carbocycles. The Kier molecular flexibility index (Phi) is 4.58. The van der Waals surface area contributed by atoms with Crippen LogP contribution in [0.1, 0.15) is 30.6 Å². The molecule has 1 aliphatic rings. The highest BCUT2D eigenvalue weighted by atomic mass is 32.2. The zero-order valence-electron chi connectivity index (χ0n) is 10.4. The van der Waals surface area contributed by atoms with Crippen molar-refractivity contribution in [3.8, 4) is 6.07 Å². The van der Waals surface area contributed by atoms with E-state index in [0.717, 1.165) is 30.6 Å². The van der Waals surface area contributed by atoms with Crippen LogP contribution in [0.25, 0.3) is 0 Å². The van der Waals surface area contributed by atoms with Crippen LogP contribution in [0.15, 0.2) is 16.3 Å². The average Bonchev–Trinajstić information content (AvgIpc) is 2.89. The quantitative estimate of drug-likeness (QED) is 0.914. The molecule has 0 amide bonds. The van der Waals surface area contributed by atoms with E-state index in [-0.39, 0.29) is 16.9 Å². The molecule has 1 N–H and O–H groups in total. The van der Waals surface area contributed by atoms with Crippen molar-refractivity contribution in [2.75, 3.05) is 13.2 Å². The van der Waals surface area contributed by atoms with Gasteiger partial charge >= 0.3 is 0 Å². The number of aliphatic hydroxyl groups is 1. The maximum atomic E-state index is 12.5. The Morgan fingerprint density at radius 3 is 2.89 bits per heavy atom. The summed E-state index contributed by atoms with van der Waals surface area (Å²) in [7, 11) is -3.53. The summed E-state index contributed by atoms with van der Waals surface area (Å²) in [5.74, 6) is 0. The Morgan fingerprint density at radius 1 is 1.47 bits per heavy atom. The normalized spacial score (nSPS) is 21.2. The molecule has 19 heavy (non-hydrogen) atoms. The molecule has 1 saturated heterocycles. The SMILES string of the molecule is N#Cc1ccc(S(=O)(=O)N2CCCCC2CCO)s1. The lowest BCUT2D eigenvalue weighted by molar-refractivity contribution is 0.193. The number of hydrogen-bond donors (Lipinski definition) is 1. The third-order valence-corrected chi connectivity index (χ3v) is 6.70. The standard InChI is InChI=1S/C12H16N2O3S2/c13-9-11-4-5-12(18-11)19(16,17)14-7-2-1-3-10(14)6-8-15/h4-5,10,15H,1-3,6-8H2. The van der Waals surface area contributed by atoms with Crippen molar-refractivity contribution in [1.29, 1.82) is 5.26 Å². The van der Waals surface area contributed by atoms with E-state index in [4.69, 9.17) is 10.4 Å². The molecule has 2 rings (SSSR count). The van der Waals surface area contributed by atoms with Gasteiger partial charge in [-0.05, 0) is 31.4 Å². The number of rotatable bonds is 4. The van der Waals surface area contributed by atoms with Crippen molar-refractivity contribution < 1.29 is 13.5 Å². The summed E-state index contributed by atoms with van der Waals surface area (Å²) in [6, 6.07) is 4.85. The largest absolute Gasteiger partial charge is 0.396 e. The highest BCUT2D eigenvalue weighted by Gasteiger charge is 2.33. The van der Waals surface area contributed by atoms with Crippen molar-refractivity contribution in [2.24, 2.45) is 0 Å². The Morgan fingerprint density at radius 2 is 2.26 bits per heavy atom. The van der Waals surface area contributed by atoms with Gasteiger partial charge in [-0.2, -0.15) is 9.57 Å². The van der Waals surface area contributed by atoms with E-state index >= 15 is 0 Å². The molecule has 1 unspecified atom stereocenters. The minimum absolute atomic E-state index is 0.00935. The van der Waals surface area contributed by atoms with Gasteiger partial charge in [-0.1, -0.05) is 6.42 Å². The first-order valence-electron chi connectivity index (χ1n) is 6.22.